The third kappa shape index (κ3) is 3.29. The zero-order valence-electron chi connectivity index (χ0n) is 15.2. The molecule has 0 amide bonds. The van der Waals surface area contributed by atoms with E-state index in [9.17, 15) is 4.79 Å². The van der Waals surface area contributed by atoms with Crippen molar-refractivity contribution in [1.29, 1.82) is 0 Å². The minimum absolute atomic E-state index is 0.0229. The first-order chi connectivity index (χ1) is 14.3. The van der Waals surface area contributed by atoms with E-state index in [4.69, 9.17) is 4.42 Å². The van der Waals surface area contributed by atoms with Crippen LogP contribution in [0.1, 0.15) is 15.9 Å². The fourth-order valence-corrected chi connectivity index (χ4v) is 3.14. The van der Waals surface area contributed by atoms with Gasteiger partial charge < -0.3 is 9.73 Å². The molecule has 0 saturated heterocycles. The van der Waals surface area contributed by atoms with Gasteiger partial charge in [-0.15, -0.1) is 0 Å². The fraction of sp³-hybridized carbons (Fsp3) is 0.0455. The average Bonchev–Trinajstić information content (AvgIpc) is 3.16. The normalized spacial score (nSPS) is 11.0. The number of nitrogens with zero attached hydrogens (tertiary/aromatic N) is 4. The van der Waals surface area contributed by atoms with Crippen LogP contribution in [-0.2, 0) is 6.42 Å². The minimum Gasteiger partial charge on any atom is -0.450 e. The Bertz CT molecular complexity index is 1310. The van der Waals surface area contributed by atoms with Gasteiger partial charge in [0.05, 0.1) is 0 Å². The van der Waals surface area contributed by atoms with Crippen LogP contribution in [0.2, 0.25) is 0 Å². The minimum atomic E-state index is 0.0229. The summed E-state index contributed by atoms with van der Waals surface area (Å²) in [5, 5.41) is 3.99. The van der Waals surface area contributed by atoms with Crippen molar-refractivity contribution < 1.29 is 9.21 Å². The van der Waals surface area contributed by atoms with E-state index >= 15 is 0 Å². The Hall–Kier alpha value is -4.13. The van der Waals surface area contributed by atoms with Crippen LogP contribution in [0.15, 0.2) is 77.7 Å². The van der Waals surface area contributed by atoms with Gasteiger partial charge in [0.1, 0.15) is 17.4 Å². The molecule has 7 nitrogen and oxygen atoms in total. The molecule has 0 aliphatic carbocycles. The van der Waals surface area contributed by atoms with Gasteiger partial charge in [0.15, 0.2) is 17.2 Å². The maximum atomic E-state index is 12.3. The summed E-state index contributed by atoms with van der Waals surface area (Å²) in [6, 6.07) is 16.8. The van der Waals surface area contributed by atoms with Crippen molar-refractivity contribution >= 4 is 39.6 Å². The van der Waals surface area contributed by atoms with Crippen LogP contribution >= 0.6 is 0 Å². The molecule has 0 bridgehead atoms. The molecule has 0 atom stereocenters. The Morgan fingerprint density at radius 3 is 2.48 bits per heavy atom. The first kappa shape index (κ1) is 17.0. The highest BCUT2D eigenvalue weighted by Crippen LogP contribution is 2.31. The van der Waals surface area contributed by atoms with Crippen LogP contribution in [0.25, 0.3) is 22.1 Å². The molecule has 5 rings (SSSR count). The lowest BCUT2D eigenvalue weighted by molar-refractivity contribution is 0.0992. The summed E-state index contributed by atoms with van der Waals surface area (Å²) in [5.74, 6) is 0.871. The number of hydrogen-bond donors (Lipinski definition) is 1. The lowest BCUT2D eigenvalue weighted by Gasteiger charge is -2.05. The first-order valence-corrected chi connectivity index (χ1v) is 9.06. The number of Topliss-reactive ketones (excluding diaryl/α,β-unsaturated/α-hetero) is 1. The summed E-state index contributed by atoms with van der Waals surface area (Å²) < 4.78 is 5.89. The zero-order chi connectivity index (χ0) is 19.6. The number of anilines is 2. The lowest BCUT2D eigenvalue weighted by atomic mass is 10.1. The lowest BCUT2D eigenvalue weighted by Crippen LogP contribution is -2.05. The van der Waals surface area contributed by atoms with E-state index in [1.807, 2.05) is 42.5 Å². The van der Waals surface area contributed by atoms with Crippen molar-refractivity contribution in [2.75, 3.05) is 5.32 Å². The largest absolute Gasteiger partial charge is 0.450 e. The molecular formula is C22H15N5O2. The number of ketones is 1. The van der Waals surface area contributed by atoms with E-state index in [0.717, 1.165) is 22.0 Å². The van der Waals surface area contributed by atoms with Gasteiger partial charge in [0.25, 0.3) is 0 Å². The number of hydrogen-bond acceptors (Lipinski definition) is 7. The summed E-state index contributed by atoms with van der Waals surface area (Å²) in [5.41, 5.74) is 3.41. The van der Waals surface area contributed by atoms with E-state index in [1.54, 1.807) is 24.5 Å². The standard InChI is InChI=1S/C22H15N5O2/c28-17(15-6-2-1-3-7-15)10-14-11-23-22(24-12-14)27-21-20-19(25-13-26-21)16-8-4-5-9-18(16)29-20/h1-9,11-13H,10H2,(H,23,24,25,26,27). The van der Waals surface area contributed by atoms with Crippen LogP contribution in [0.5, 0.6) is 0 Å². The number of rotatable bonds is 5. The number of aromatic nitrogens is 4. The molecule has 29 heavy (non-hydrogen) atoms. The Morgan fingerprint density at radius 2 is 1.66 bits per heavy atom. The van der Waals surface area contributed by atoms with Gasteiger partial charge >= 0.3 is 0 Å². The predicted octanol–water partition coefficient (Wildman–Crippen LogP) is 4.34. The average molecular weight is 381 g/mol. The van der Waals surface area contributed by atoms with Crippen molar-refractivity contribution in [3.8, 4) is 0 Å². The van der Waals surface area contributed by atoms with Crippen LogP contribution in [0.4, 0.5) is 11.8 Å². The molecule has 5 aromatic rings. The highest BCUT2D eigenvalue weighted by Gasteiger charge is 2.14. The van der Waals surface area contributed by atoms with E-state index < -0.39 is 0 Å². The number of para-hydroxylation sites is 1. The third-order valence-corrected chi connectivity index (χ3v) is 4.55. The van der Waals surface area contributed by atoms with Crippen LogP contribution in [0, 0.1) is 0 Å². The van der Waals surface area contributed by atoms with Gasteiger partial charge in [-0.25, -0.2) is 19.9 Å². The van der Waals surface area contributed by atoms with Crippen molar-refractivity contribution in [3.63, 3.8) is 0 Å². The SMILES string of the molecule is O=C(Cc1cnc(Nc2ncnc3c2oc2ccccc23)nc1)c1ccccc1. The quantitative estimate of drug-likeness (QED) is 0.453. The Balaban J connectivity index is 1.38. The highest BCUT2D eigenvalue weighted by molar-refractivity contribution is 6.05. The molecule has 0 spiro atoms. The molecule has 2 aromatic carbocycles. The summed E-state index contributed by atoms with van der Waals surface area (Å²) >= 11 is 0. The smallest absolute Gasteiger partial charge is 0.228 e. The van der Waals surface area contributed by atoms with Gasteiger partial charge in [-0.1, -0.05) is 42.5 Å². The number of benzene rings is 2. The second-order valence-electron chi connectivity index (χ2n) is 6.50. The van der Waals surface area contributed by atoms with Crippen molar-refractivity contribution in [2.24, 2.45) is 0 Å². The Kier molecular flexibility index (Phi) is 4.18. The van der Waals surface area contributed by atoms with Gasteiger partial charge in [0, 0.05) is 29.8 Å². The summed E-state index contributed by atoms with van der Waals surface area (Å²) in [6.45, 7) is 0. The maximum Gasteiger partial charge on any atom is 0.228 e. The van der Waals surface area contributed by atoms with Gasteiger partial charge in [-0.3, -0.25) is 4.79 Å². The number of carbonyl (C=O) groups is 1. The number of nitrogens with one attached hydrogen (secondary N) is 1. The molecule has 0 unspecified atom stereocenters. The second kappa shape index (κ2) is 7.12. The molecule has 0 aliphatic rings. The van der Waals surface area contributed by atoms with Crippen molar-refractivity contribution in [1.82, 2.24) is 19.9 Å². The molecule has 0 fully saturated rings. The van der Waals surface area contributed by atoms with Gasteiger partial charge in [0.2, 0.25) is 5.95 Å². The van der Waals surface area contributed by atoms with E-state index in [1.165, 1.54) is 6.33 Å². The number of fused-ring (bicyclic) bond motifs is 3. The molecular weight excluding hydrogens is 366 g/mol. The van der Waals surface area contributed by atoms with Crippen LogP contribution in [0.3, 0.4) is 0 Å². The fourth-order valence-electron chi connectivity index (χ4n) is 3.14. The first-order valence-electron chi connectivity index (χ1n) is 9.06. The second-order valence-corrected chi connectivity index (χ2v) is 6.50. The molecule has 3 aromatic heterocycles. The topological polar surface area (TPSA) is 93.8 Å². The molecule has 140 valence electrons. The van der Waals surface area contributed by atoms with Gasteiger partial charge in [-0.05, 0) is 17.7 Å². The monoisotopic (exact) mass is 381 g/mol. The molecule has 1 N–H and O–H groups in total. The van der Waals surface area contributed by atoms with Crippen molar-refractivity contribution in [3.05, 3.63) is 84.4 Å². The summed E-state index contributed by atoms with van der Waals surface area (Å²) in [4.78, 5) is 29.5. The van der Waals surface area contributed by atoms with E-state index in [0.29, 0.717) is 22.9 Å². The molecule has 7 heteroatoms. The van der Waals surface area contributed by atoms with E-state index in [-0.39, 0.29) is 12.2 Å². The predicted molar refractivity (Wildman–Crippen MR) is 109 cm³/mol. The van der Waals surface area contributed by atoms with Crippen molar-refractivity contribution in [2.45, 2.75) is 6.42 Å². The Morgan fingerprint density at radius 1 is 0.897 bits per heavy atom. The molecule has 0 radical (unpaired) electrons. The van der Waals surface area contributed by atoms with Gasteiger partial charge in [-0.2, -0.15) is 0 Å². The molecule has 3 heterocycles. The third-order valence-electron chi connectivity index (χ3n) is 4.55. The van der Waals surface area contributed by atoms with Crippen LogP contribution in [-0.4, -0.2) is 25.7 Å². The summed E-state index contributed by atoms with van der Waals surface area (Å²) in [7, 11) is 0. The molecule has 0 aliphatic heterocycles. The summed E-state index contributed by atoms with van der Waals surface area (Å²) in [6.07, 6.45) is 4.98. The zero-order valence-corrected chi connectivity index (χ0v) is 15.2. The number of carbonyl (C=O) groups excluding carboxylic acids is 1. The van der Waals surface area contributed by atoms with Crippen LogP contribution < -0.4 is 5.32 Å². The van der Waals surface area contributed by atoms with E-state index in [2.05, 4.69) is 25.3 Å². The maximum absolute atomic E-state index is 12.3. The highest BCUT2D eigenvalue weighted by atomic mass is 16.3. The number of furan rings is 1. The Labute approximate surface area is 165 Å². The molecule has 0 saturated carbocycles.